The van der Waals surface area contributed by atoms with Crippen LogP contribution in [0.5, 0.6) is 17.4 Å². The molecular formula is C36H45ClF4N6O8. The molecule has 0 spiro atoms. The smallest absolute Gasteiger partial charge is 0.258 e. The number of benzene rings is 2. The third-order valence-electron chi connectivity index (χ3n) is 7.70. The second-order valence-electron chi connectivity index (χ2n) is 11.8. The van der Waals surface area contributed by atoms with Crippen LogP contribution >= 0.6 is 11.6 Å². The average molecular weight is 801 g/mol. The number of aromatic nitrogens is 4. The summed E-state index contributed by atoms with van der Waals surface area (Å²) in [5.41, 5.74) is 8.00. The van der Waals surface area contributed by atoms with Gasteiger partial charge in [-0.05, 0) is 24.0 Å². The van der Waals surface area contributed by atoms with E-state index in [1.807, 2.05) is 0 Å². The van der Waals surface area contributed by atoms with E-state index in [4.69, 9.17) is 50.5 Å². The number of amides is 1. The lowest BCUT2D eigenvalue weighted by Gasteiger charge is -2.14. The summed E-state index contributed by atoms with van der Waals surface area (Å²) in [6.07, 6.45) is 6.93. The Morgan fingerprint density at radius 2 is 1.24 bits per heavy atom. The minimum absolute atomic E-state index is 0.0122. The van der Waals surface area contributed by atoms with Crippen LogP contribution in [0.2, 0.25) is 0 Å². The van der Waals surface area contributed by atoms with Crippen LogP contribution in [0.25, 0.3) is 11.2 Å². The van der Waals surface area contributed by atoms with Gasteiger partial charge in [0.1, 0.15) is 18.7 Å². The van der Waals surface area contributed by atoms with Gasteiger partial charge in [-0.15, -0.1) is 11.6 Å². The Morgan fingerprint density at radius 1 is 0.691 bits per heavy atom. The highest BCUT2D eigenvalue weighted by atomic mass is 35.5. The number of ether oxygens (including phenoxy) is 7. The van der Waals surface area contributed by atoms with Gasteiger partial charge in [-0.3, -0.25) is 4.79 Å². The predicted molar refractivity (Wildman–Crippen MR) is 193 cm³/mol. The van der Waals surface area contributed by atoms with E-state index in [0.717, 1.165) is 37.7 Å². The second kappa shape index (κ2) is 24.1. The van der Waals surface area contributed by atoms with E-state index in [0.29, 0.717) is 55.6 Å². The maximum Gasteiger partial charge on any atom is 0.258 e. The predicted octanol–water partition coefficient (Wildman–Crippen LogP) is 5.40. The number of fused-ring (bicyclic) bond motifs is 1. The number of nitrogens with two attached hydrogens (primary N) is 1. The standard InChI is InChI=1S/C36H45ClF4N6O8/c37-10-4-2-1-3-5-11-49-12-13-50-14-15-51-16-17-52-18-19-53-32-27(38)29(40)33(30(41)28(32)39)54-22-26(48)43-20-24-6-8-25(9-7-24)21-55-35-31-34(45-23-44-31)46-36(42)47-35/h6-9,23H,1-5,10-22H2,(H,43,48)(H3,42,44,45,46,47). The van der Waals surface area contributed by atoms with Gasteiger partial charge in [0.15, 0.2) is 23.8 Å². The fourth-order valence-electron chi connectivity index (χ4n) is 4.86. The van der Waals surface area contributed by atoms with Gasteiger partial charge < -0.3 is 49.2 Å². The van der Waals surface area contributed by atoms with E-state index < -0.39 is 53.9 Å². The van der Waals surface area contributed by atoms with Crippen molar-refractivity contribution in [1.82, 2.24) is 25.3 Å². The summed E-state index contributed by atoms with van der Waals surface area (Å²) in [7, 11) is 0. The van der Waals surface area contributed by atoms with E-state index in [2.05, 4.69) is 25.3 Å². The molecule has 0 aliphatic carbocycles. The number of anilines is 1. The van der Waals surface area contributed by atoms with E-state index in [1.165, 1.54) is 6.33 Å². The molecule has 302 valence electrons. The van der Waals surface area contributed by atoms with Crippen LogP contribution in [0.1, 0.15) is 43.2 Å². The Kier molecular flexibility index (Phi) is 19.0. The number of carbonyl (C=O) groups is 1. The van der Waals surface area contributed by atoms with Gasteiger partial charge in [0.25, 0.3) is 5.91 Å². The molecule has 2 aromatic heterocycles. The molecule has 0 aliphatic rings. The number of unbranched alkanes of at least 4 members (excludes halogenated alkanes) is 4. The average Bonchev–Trinajstić information content (AvgIpc) is 3.66. The zero-order chi connectivity index (χ0) is 39.3. The van der Waals surface area contributed by atoms with Gasteiger partial charge in [-0.25, -0.2) is 4.98 Å². The first-order valence-corrected chi connectivity index (χ1v) is 18.2. The normalized spacial score (nSPS) is 11.3. The van der Waals surface area contributed by atoms with Crippen molar-refractivity contribution in [2.24, 2.45) is 0 Å². The Hall–Kier alpha value is -4.49. The molecule has 4 rings (SSSR count). The highest BCUT2D eigenvalue weighted by Crippen LogP contribution is 2.34. The van der Waals surface area contributed by atoms with E-state index in [1.54, 1.807) is 24.3 Å². The summed E-state index contributed by atoms with van der Waals surface area (Å²) in [6.45, 7) is 1.41. The molecule has 0 bridgehead atoms. The molecule has 2 heterocycles. The van der Waals surface area contributed by atoms with Crippen LogP contribution in [0, 0.1) is 23.3 Å². The summed E-state index contributed by atoms with van der Waals surface area (Å²) in [4.78, 5) is 27.3. The lowest BCUT2D eigenvalue weighted by Crippen LogP contribution is -2.29. The molecule has 2 aromatic carbocycles. The number of rotatable bonds is 28. The largest absolute Gasteiger partial charge is 0.485 e. The van der Waals surface area contributed by atoms with Gasteiger partial charge in [0.05, 0.1) is 52.6 Å². The molecule has 0 unspecified atom stereocenters. The minimum atomic E-state index is -1.85. The van der Waals surface area contributed by atoms with Crippen LogP contribution in [-0.4, -0.2) is 97.8 Å². The molecule has 1 amide bonds. The van der Waals surface area contributed by atoms with Crippen LogP contribution in [-0.2, 0) is 36.9 Å². The number of aromatic amines is 1. The number of nitrogens with one attached hydrogen (secondary N) is 2. The van der Waals surface area contributed by atoms with Gasteiger partial charge in [-0.1, -0.05) is 43.5 Å². The fourth-order valence-corrected chi connectivity index (χ4v) is 5.05. The maximum absolute atomic E-state index is 14.6. The summed E-state index contributed by atoms with van der Waals surface area (Å²) in [6, 6.07) is 6.93. The van der Waals surface area contributed by atoms with Crippen molar-refractivity contribution in [2.75, 3.05) is 77.7 Å². The summed E-state index contributed by atoms with van der Waals surface area (Å²) in [5.74, 6) is -9.86. The molecule has 4 N–H and O–H groups in total. The SMILES string of the molecule is Nc1nc(OCc2ccc(CNC(=O)COc3c(F)c(F)c(OCCOCCOCCOCCOCCCCCCCCl)c(F)c3F)cc2)c2[nH]cnc2n1. The highest BCUT2D eigenvalue weighted by molar-refractivity contribution is 6.17. The number of hydrogen-bond donors (Lipinski definition) is 3. The van der Waals surface area contributed by atoms with Gasteiger partial charge in [0, 0.05) is 19.0 Å². The van der Waals surface area contributed by atoms with Crippen molar-refractivity contribution in [3.8, 4) is 17.4 Å². The monoisotopic (exact) mass is 800 g/mol. The van der Waals surface area contributed by atoms with E-state index >= 15 is 0 Å². The minimum Gasteiger partial charge on any atom is -0.485 e. The van der Waals surface area contributed by atoms with Crippen LogP contribution in [0.4, 0.5) is 23.5 Å². The quantitative estimate of drug-likeness (QED) is 0.0289. The first-order valence-electron chi connectivity index (χ1n) is 17.7. The summed E-state index contributed by atoms with van der Waals surface area (Å²) in [5, 5.41) is 2.50. The molecule has 0 fully saturated rings. The van der Waals surface area contributed by atoms with Crippen molar-refractivity contribution in [3.63, 3.8) is 0 Å². The van der Waals surface area contributed by atoms with Crippen LogP contribution < -0.4 is 25.3 Å². The third kappa shape index (κ3) is 14.6. The number of hydrogen-bond acceptors (Lipinski definition) is 12. The first-order chi connectivity index (χ1) is 26.8. The van der Waals surface area contributed by atoms with E-state index in [-0.39, 0.29) is 44.8 Å². The van der Waals surface area contributed by atoms with Crippen molar-refractivity contribution in [3.05, 3.63) is 65.0 Å². The molecule has 19 heteroatoms. The fraction of sp³-hybridized carbons (Fsp3) is 0.500. The molecule has 0 radical (unpaired) electrons. The Labute approximate surface area is 320 Å². The highest BCUT2D eigenvalue weighted by Gasteiger charge is 2.28. The lowest BCUT2D eigenvalue weighted by atomic mass is 10.1. The van der Waals surface area contributed by atoms with Gasteiger partial charge in [-0.2, -0.15) is 27.5 Å². The number of H-pyrrole nitrogens is 1. The van der Waals surface area contributed by atoms with E-state index in [9.17, 15) is 22.4 Å². The van der Waals surface area contributed by atoms with Gasteiger partial charge >= 0.3 is 0 Å². The molecular weight excluding hydrogens is 756 g/mol. The maximum atomic E-state index is 14.6. The zero-order valence-electron chi connectivity index (χ0n) is 30.2. The Bertz CT molecular complexity index is 1730. The van der Waals surface area contributed by atoms with Crippen molar-refractivity contribution in [2.45, 2.75) is 45.3 Å². The summed E-state index contributed by atoms with van der Waals surface area (Å²) < 4.78 is 95.4. The van der Waals surface area contributed by atoms with Gasteiger partial charge in [0.2, 0.25) is 35.1 Å². The molecule has 55 heavy (non-hydrogen) atoms. The molecule has 0 aliphatic heterocycles. The topological polar surface area (TPSA) is 174 Å². The first kappa shape index (κ1) is 43.2. The Balaban J connectivity index is 1.06. The number of imidazole rings is 1. The molecule has 4 aromatic rings. The number of halogens is 5. The van der Waals surface area contributed by atoms with Crippen molar-refractivity contribution in [1.29, 1.82) is 0 Å². The molecule has 0 atom stereocenters. The van der Waals surface area contributed by atoms with Crippen molar-refractivity contribution < 1.29 is 55.5 Å². The van der Waals surface area contributed by atoms with Crippen LogP contribution in [0.3, 0.4) is 0 Å². The number of nitrogens with zero attached hydrogens (tertiary/aromatic N) is 3. The lowest BCUT2D eigenvalue weighted by molar-refractivity contribution is -0.123. The molecule has 14 nitrogen and oxygen atoms in total. The number of carbonyl (C=O) groups excluding carboxylic acids is 1. The third-order valence-corrected chi connectivity index (χ3v) is 7.97. The molecule has 0 saturated heterocycles. The van der Waals surface area contributed by atoms with Crippen molar-refractivity contribution >= 4 is 34.6 Å². The summed E-state index contributed by atoms with van der Waals surface area (Å²) >= 11 is 5.65. The second-order valence-corrected chi connectivity index (χ2v) is 12.2. The number of nitrogen functional groups attached to an aromatic ring is 1. The zero-order valence-corrected chi connectivity index (χ0v) is 30.9. The number of alkyl halides is 1. The molecule has 0 saturated carbocycles. The van der Waals surface area contributed by atoms with Crippen LogP contribution in [0.15, 0.2) is 30.6 Å². The Morgan fingerprint density at radius 3 is 1.87 bits per heavy atom.